The molecule has 1 aromatic rings. The molecular formula is C19H30N4O2. The topological polar surface area (TPSA) is 78.7 Å². The van der Waals surface area contributed by atoms with E-state index in [0.717, 1.165) is 38.2 Å². The Morgan fingerprint density at radius 2 is 1.76 bits per heavy atom. The van der Waals surface area contributed by atoms with Crippen LogP contribution in [-0.4, -0.2) is 60.4 Å². The summed E-state index contributed by atoms with van der Waals surface area (Å²) in [5.74, 6) is -0.0297. The van der Waals surface area contributed by atoms with Crippen molar-refractivity contribution in [3.63, 3.8) is 0 Å². The van der Waals surface area contributed by atoms with Gasteiger partial charge < -0.3 is 20.9 Å². The second-order valence-corrected chi connectivity index (χ2v) is 7.18. The molecule has 1 atom stereocenters. The molecule has 1 unspecified atom stereocenters. The molecule has 1 heterocycles. The van der Waals surface area contributed by atoms with Gasteiger partial charge in [0.05, 0.1) is 12.0 Å². The average molecular weight is 346 g/mol. The number of hydrogen-bond donors (Lipinski definition) is 2. The number of nitrogens with one attached hydrogen (secondary N) is 1. The largest absolute Gasteiger partial charge is 0.340 e. The molecule has 6 heteroatoms. The zero-order chi connectivity index (χ0) is 18.4. The number of carbonyl (C=O) groups excluding carboxylic acids is 2. The predicted molar refractivity (Wildman–Crippen MR) is 100 cm³/mol. The predicted octanol–water partition coefficient (Wildman–Crippen LogP) is 1.46. The maximum atomic E-state index is 12.4. The van der Waals surface area contributed by atoms with Gasteiger partial charge in [0.1, 0.15) is 0 Å². The van der Waals surface area contributed by atoms with Gasteiger partial charge in [-0.05, 0) is 38.1 Å². The molecule has 1 aliphatic heterocycles. The van der Waals surface area contributed by atoms with E-state index in [1.54, 1.807) is 6.92 Å². The lowest BCUT2D eigenvalue weighted by Crippen LogP contribution is -2.48. The summed E-state index contributed by atoms with van der Waals surface area (Å²) in [7, 11) is 2.07. The number of nitrogens with two attached hydrogens (primary N) is 1. The van der Waals surface area contributed by atoms with Crippen LogP contribution in [0, 0.1) is 0 Å². The monoisotopic (exact) mass is 346 g/mol. The molecule has 1 aromatic carbocycles. The summed E-state index contributed by atoms with van der Waals surface area (Å²) >= 11 is 0. The van der Waals surface area contributed by atoms with Crippen LogP contribution in [0.15, 0.2) is 24.3 Å². The summed E-state index contributed by atoms with van der Waals surface area (Å²) in [5, 5.41) is 2.85. The molecule has 0 spiro atoms. The molecule has 138 valence electrons. The van der Waals surface area contributed by atoms with Crippen molar-refractivity contribution in [1.82, 2.24) is 9.80 Å². The molecule has 0 bridgehead atoms. The first kappa shape index (κ1) is 19.4. The second kappa shape index (κ2) is 8.45. The first-order valence-corrected chi connectivity index (χ1v) is 8.97. The summed E-state index contributed by atoms with van der Waals surface area (Å²) in [4.78, 5) is 28.7. The highest BCUT2D eigenvalue weighted by Gasteiger charge is 2.27. The Morgan fingerprint density at radius 1 is 1.16 bits per heavy atom. The van der Waals surface area contributed by atoms with Crippen molar-refractivity contribution in [2.75, 3.05) is 38.5 Å². The Balaban J connectivity index is 1.89. The first-order valence-electron chi connectivity index (χ1n) is 8.97. The van der Waals surface area contributed by atoms with E-state index < -0.39 is 5.54 Å². The molecule has 1 fully saturated rings. The minimum Gasteiger partial charge on any atom is -0.340 e. The fourth-order valence-electron chi connectivity index (χ4n) is 2.95. The van der Waals surface area contributed by atoms with Gasteiger partial charge >= 0.3 is 0 Å². The lowest BCUT2D eigenvalue weighted by atomic mass is 9.96. The highest BCUT2D eigenvalue weighted by molar-refractivity contribution is 5.97. The summed E-state index contributed by atoms with van der Waals surface area (Å²) in [6.45, 7) is 7.17. The Kier molecular flexibility index (Phi) is 6.56. The standard InChI is InChI=1S/C19H30N4O2/c1-4-9-19(2,20)18(25)21-16-7-5-15(6-8-16)14-17(24)23-12-10-22(3)11-13-23/h5-8H,4,9-14,20H2,1-3H3,(H,21,25). The molecule has 0 aromatic heterocycles. The normalized spacial score (nSPS) is 17.8. The number of rotatable bonds is 6. The SMILES string of the molecule is CCCC(C)(N)C(=O)Nc1ccc(CC(=O)N2CCN(C)CC2)cc1. The van der Waals surface area contributed by atoms with Crippen LogP contribution in [-0.2, 0) is 16.0 Å². The molecule has 6 nitrogen and oxygen atoms in total. The second-order valence-electron chi connectivity index (χ2n) is 7.18. The fourth-order valence-corrected chi connectivity index (χ4v) is 2.95. The zero-order valence-electron chi connectivity index (χ0n) is 15.5. The molecule has 1 saturated heterocycles. The van der Waals surface area contributed by atoms with E-state index in [9.17, 15) is 9.59 Å². The van der Waals surface area contributed by atoms with Gasteiger partial charge in [-0.15, -0.1) is 0 Å². The van der Waals surface area contributed by atoms with Crippen molar-refractivity contribution in [3.05, 3.63) is 29.8 Å². The molecular weight excluding hydrogens is 316 g/mol. The van der Waals surface area contributed by atoms with E-state index in [2.05, 4.69) is 17.3 Å². The van der Waals surface area contributed by atoms with Crippen LogP contribution in [0.5, 0.6) is 0 Å². The number of likely N-dealkylation sites (N-methyl/N-ethyl adjacent to an activating group) is 1. The number of hydrogen-bond acceptors (Lipinski definition) is 4. The third kappa shape index (κ3) is 5.54. The van der Waals surface area contributed by atoms with Crippen LogP contribution in [0.2, 0.25) is 0 Å². The van der Waals surface area contributed by atoms with Crippen LogP contribution in [0.4, 0.5) is 5.69 Å². The number of piperazine rings is 1. The lowest BCUT2D eigenvalue weighted by molar-refractivity contribution is -0.132. The first-order chi connectivity index (χ1) is 11.8. The quantitative estimate of drug-likeness (QED) is 0.817. The van der Waals surface area contributed by atoms with Crippen molar-refractivity contribution in [2.24, 2.45) is 5.73 Å². The van der Waals surface area contributed by atoms with Crippen LogP contribution in [0.25, 0.3) is 0 Å². The molecule has 2 amide bonds. The zero-order valence-corrected chi connectivity index (χ0v) is 15.5. The fraction of sp³-hybridized carbons (Fsp3) is 0.579. The Bertz CT molecular complexity index is 590. The number of anilines is 1. The van der Waals surface area contributed by atoms with E-state index >= 15 is 0 Å². The van der Waals surface area contributed by atoms with Crippen molar-refractivity contribution in [2.45, 2.75) is 38.6 Å². The van der Waals surface area contributed by atoms with Crippen molar-refractivity contribution < 1.29 is 9.59 Å². The highest BCUT2D eigenvalue weighted by atomic mass is 16.2. The number of carbonyl (C=O) groups is 2. The highest BCUT2D eigenvalue weighted by Crippen LogP contribution is 2.15. The van der Waals surface area contributed by atoms with Gasteiger partial charge in [0.15, 0.2) is 0 Å². The Morgan fingerprint density at radius 3 is 2.32 bits per heavy atom. The molecule has 2 rings (SSSR count). The summed E-state index contributed by atoms with van der Waals surface area (Å²) in [6.07, 6.45) is 1.88. The number of amides is 2. The van der Waals surface area contributed by atoms with Crippen molar-refractivity contribution in [1.29, 1.82) is 0 Å². The Labute approximate surface area is 150 Å². The minimum atomic E-state index is -0.870. The van der Waals surface area contributed by atoms with Gasteiger partial charge in [0.2, 0.25) is 11.8 Å². The van der Waals surface area contributed by atoms with E-state index in [-0.39, 0.29) is 11.8 Å². The maximum Gasteiger partial charge on any atom is 0.244 e. The number of nitrogens with zero attached hydrogens (tertiary/aromatic N) is 2. The van der Waals surface area contributed by atoms with Gasteiger partial charge in [-0.2, -0.15) is 0 Å². The van der Waals surface area contributed by atoms with Crippen LogP contribution in [0.1, 0.15) is 32.3 Å². The molecule has 0 saturated carbocycles. The smallest absolute Gasteiger partial charge is 0.244 e. The lowest BCUT2D eigenvalue weighted by Gasteiger charge is -2.32. The number of benzene rings is 1. The average Bonchev–Trinajstić information content (AvgIpc) is 2.57. The third-order valence-corrected chi connectivity index (χ3v) is 4.71. The summed E-state index contributed by atoms with van der Waals surface area (Å²) in [6, 6.07) is 7.42. The van der Waals surface area contributed by atoms with Crippen LogP contribution >= 0.6 is 0 Å². The molecule has 3 N–H and O–H groups in total. The van der Waals surface area contributed by atoms with E-state index in [0.29, 0.717) is 18.5 Å². The molecule has 0 aliphatic carbocycles. The molecule has 0 radical (unpaired) electrons. The minimum absolute atomic E-state index is 0.155. The third-order valence-electron chi connectivity index (χ3n) is 4.71. The van der Waals surface area contributed by atoms with E-state index in [1.807, 2.05) is 36.1 Å². The van der Waals surface area contributed by atoms with Gasteiger partial charge in [0.25, 0.3) is 0 Å². The van der Waals surface area contributed by atoms with Gasteiger partial charge in [0, 0.05) is 31.9 Å². The van der Waals surface area contributed by atoms with Gasteiger partial charge in [-0.1, -0.05) is 25.5 Å². The van der Waals surface area contributed by atoms with Gasteiger partial charge in [-0.25, -0.2) is 0 Å². The summed E-state index contributed by atoms with van der Waals surface area (Å²) in [5.41, 5.74) is 6.82. The van der Waals surface area contributed by atoms with Crippen LogP contribution < -0.4 is 11.1 Å². The molecule has 1 aliphatic rings. The van der Waals surface area contributed by atoms with E-state index in [4.69, 9.17) is 5.73 Å². The van der Waals surface area contributed by atoms with Crippen LogP contribution in [0.3, 0.4) is 0 Å². The van der Waals surface area contributed by atoms with Gasteiger partial charge in [-0.3, -0.25) is 9.59 Å². The summed E-state index contributed by atoms with van der Waals surface area (Å²) < 4.78 is 0. The van der Waals surface area contributed by atoms with Crippen molar-refractivity contribution >= 4 is 17.5 Å². The Hall–Kier alpha value is -1.92. The molecule has 25 heavy (non-hydrogen) atoms. The maximum absolute atomic E-state index is 12.4. The van der Waals surface area contributed by atoms with E-state index in [1.165, 1.54) is 0 Å². The van der Waals surface area contributed by atoms with Crippen molar-refractivity contribution in [3.8, 4) is 0 Å².